The van der Waals surface area contributed by atoms with Crippen LogP contribution in [0.5, 0.6) is 11.5 Å². The molecule has 6 rings (SSSR count). The van der Waals surface area contributed by atoms with Gasteiger partial charge in [0.2, 0.25) is 0 Å². The van der Waals surface area contributed by atoms with Gasteiger partial charge in [-0.1, -0.05) is 77.9 Å². The largest absolute Gasteiger partial charge is 0.456 e. The average Bonchev–Trinajstić information content (AvgIpc) is 2.79. The van der Waals surface area contributed by atoms with Crippen molar-refractivity contribution < 1.29 is 9.53 Å². The second-order valence-electron chi connectivity index (χ2n) is 8.27. The fourth-order valence-corrected chi connectivity index (χ4v) is 4.74. The number of ketones is 1. The fraction of sp³-hybridized carbons (Fsp3) is 0.0690. The summed E-state index contributed by atoms with van der Waals surface area (Å²) in [5, 5.41) is 0. The van der Waals surface area contributed by atoms with Crippen LogP contribution in [-0.2, 0) is 0 Å². The van der Waals surface area contributed by atoms with E-state index in [1.54, 1.807) is 0 Å². The van der Waals surface area contributed by atoms with Crippen LogP contribution in [0.3, 0.4) is 0 Å². The van der Waals surface area contributed by atoms with E-state index in [0.717, 1.165) is 61.6 Å². The van der Waals surface area contributed by atoms with Gasteiger partial charge < -0.3 is 4.74 Å². The van der Waals surface area contributed by atoms with Crippen molar-refractivity contribution in [2.24, 2.45) is 0 Å². The standard InChI is InChI=1S/C29H20O2/c1-17-11-13-21-23(15-17)27(19-7-3-4-8-20(19)29(21)30)28-22-9-5-6-10-25(22)31-26-14-12-18(2)16-24(26)28/h3-16H,1-2H3/b28-27-. The first-order valence-corrected chi connectivity index (χ1v) is 10.5. The zero-order chi connectivity index (χ0) is 21.1. The molecule has 0 fully saturated rings. The number of para-hydroxylation sites is 1. The van der Waals surface area contributed by atoms with Crippen molar-refractivity contribution in [1.82, 2.24) is 0 Å². The maximum Gasteiger partial charge on any atom is 0.194 e. The van der Waals surface area contributed by atoms with E-state index in [-0.39, 0.29) is 5.78 Å². The van der Waals surface area contributed by atoms with Gasteiger partial charge in [0, 0.05) is 27.8 Å². The number of aryl methyl sites for hydroxylation is 2. The Kier molecular flexibility index (Phi) is 3.78. The number of benzene rings is 4. The normalized spacial score (nSPS) is 16.0. The highest BCUT2D eigenvalue weighted by molar-refractivity contribution is 6.23. The molecule has 0 spiro atoms. The van der Waals surface area contributed by atoms with Gasteiger partial charge >= 0.3 is 0 Å². The highest BCUT2D eigenvalue weighted by Crippen LogP contribution is 2.50. The lowest BCUT2D eigenvalue weighted by Gasteiger charge is -2.29. The van der Waals surface area contributed by atoms with Gasteiger partial charge in [-0.3, -0.25) is 4.79 Å². The van der Waals surface area contributed by atoms with E-state index in [1.807, 2.05) is 54.6 Å². The van der Waals surface area contributed by atoms with E-state index >= 15 is 0 Å². The van der Waals surface area contributed by atoms with Crippen molar-refractivity contribution in [3.8, 4) is 11.5 Å². The molecule has 0 atom stereocenters. The molecule has 1 aliphatic carbocycles. The average molecular weight is 400 g/mol. The molecule has 0 N–H and O–H groups in total. The minimum absolute atomic E-state index is 0.0831. The molecule has 0 unspecified atom stereocenters. The molecular formula is C29H20O2. The zero-order valence-corrected chi connectivity index (χ0v) is 17.4. The first kappa shape index (κ1) is 17.9. The fourth-order valence-electron chi connectivity index (χ4n) is 4.74. The molecule has 31 heavy (non-hydrogen) atoms. The number of rotatable bonds is 0. The van der Waals surface area contributed by atoms with Crippen LogP contribution in [0.15, 0.2) is 84.9 Å². The van der Waals surface area contributed by atoms with E-state index in [4.69, 9.17) is 4.74 Å². The molecule has 148 valence electrons. The molecule has 2 nitrogen and oxygen atoms in total. The number of carbonyl (C=O) groups is 1. The lowest BCUT2D eigenvalue weighted by atomic mass is 9.75. The molecular weight excluding hydrogens is 380 g/mol. The van der Waals surface area contributed by atoms with Crippen LogP contribution in [0.25, 0.3) is 11.1 Å². The van der Waals surface area contributed by atoms with Crippen LogP contribution in [0.1, 0.15) is 49.3 Å². The van der Waals surface area contributed by atoms with Gasteiger partial charge in [-0.25, -0.2) is 0 Å². The van der Waals surface area contributed by atoms with Crippen molar-refractivity contribution in [2.45, 2.75) is 13.8 Å². The Balaban J connectivity index is 1.83. The molecule has 0 amide bonds. The van der Waals surface area contributed by atoms with E-state index < -0.39 is 0 Å². The van der Waals surface area contributed by atoms with Gasteiger partial charge in [0.15, 0.2) is 5.78 Å². The second kappa shape index (κ2) is 6.55. The summed E-state index contributed by atoms with van der Waals surface area (Å²) in [4.78, 5) is 13.3. The number of fused-ring (bicyclic) bond motifs is 4. The molecule has 4 aromatic rings. The summed E-state index contributed by atoms with van der Waals surface area (Å²) in [6, 6.07) is 28.5. The second-order valence-corrected chi connectivity index (χ2v) is 8.27. The van der Waals surface area contributed by atoms with E-state index in [0.29, 0.717) is 0 Å². The molecule has 2 heteroatoms. The van der Waals surface area contributed by atoms with E-state index in [9.17, 15) is 4.79 Å². The molecule has 0 saturated carbocycles. The van der Waals surface area contributed by atoms with Crippen LogP contribution in [0.4, 0.5) is 0 Å². The molecule has 0 radical (unpaired) electrons. The highest BCUT2D eigenvalue weighted by Gasteiger charge is 2.32. The summed E-state index contributed by atoms with van der Waals surface area (Å²) in [6.45, 7) is 4.17. The quantitative estimate of drug-likeness (QED) is 0.275. The summed E-state index contributed by atoms with van der Waals surface area (Å²) in [7, 11) is 0. The molecule has 1 heterocycles. The Bertz CT molecular complexity index is 1440. The van der Waals surface area contributed by atoms with Crippen molar-refractivity contribution in [3.63, 3.8) is 0 Å². The van der Waals surface area contributed by atoms with Crippen LogP contribution >= 0.6 is 0 Å². The topological polar surface area (TPSA) is 26.3 Å². The summed E-state index contributed by atoms with van der Waals surface area (Å²) < 4.78 is 6.27. The van der Waals surface area contributed by atoms with Gasteiger partial charge in [0.1, 0.15) is 11.5 Å². The third-order valence-electron chi connectivity index (χ3n) is 6.16. The molecule has 0 bridgehead atoms. The van der Waals surface area contributed by atoms with Crippen LogP contribution in [0.2, 0.25) is 0 Å². The lowest BCUT2D eigenvalue weighted by molar-refractivity contribution is 0.103. The number of hydrogen-bond acceptors (Lipinski definition) is 2. The third kappa shape index (κ3) is 2.62. The van der Waals surface area contributed by atoms with Gasteiger partial charge in [-0.05, 0) is 48.7 Å². The van der Waals surface area contributed by atoms with Gasteiger partial charge in [0.25, 0.3) is 0 Å². The predicted molar refractivity (Wildman–Crippen MR) is 124 cm³/mol. The van der Waals surface area contributed by atoms with Crippen LogP contribution in [0, 0.1) is 13.8 Å². The van der Waals surface area contributed by atoms with Gasteiger partial charge in [0.05, 0.1) is 0 Å². The summed E-state index contributed by atoms with van der Waals surface area (Å²) in [5.74, 6) is 1.76. The first-order valence-electron chi connectivity index (χ1n) is 10.5. The third-order valence-corrected chi connectivity index (χ3v) is 6.16. The predicted octanol–water partition coefficient (Wildman–Crippen LogP) is 6.96. The lowest BCUT2D eigenvalue weighted by Crippen LogP contribution is -2.16. The Morgan fingerprint density at radius 3 is 1.87 bits per heavy atom. The molecule has 2 aliphatic rings. The monoisotopic (exact) mass is 400 g/mol. The molecule has 0 aromatic heterocycles. The minimum atomic E-state index is 0.0831. The molecule has 0 saturated heterocycles. The Morgan fingerprint density at radius 2 is 1.06 bits per heavy atom. The SMILES string of the molecule is Cc1ccc2c(c1)/C(=C1/c3ccccc3C(=O)c3ccc(C)cc31)c1ccccc1O2. The molecule has 4 aromatic carbocycles. The zero-order valence-electron chi connectivity index (χ0n) is 17.4. The van der Waals surface area contributed by atoms with Gasteiger partial charge in [-0.2, -0.15) is 0 Å². The number of ether oxygens (including phenoxy) is 1. The van der Waals surface area contributed by atoms with E-state index in [2.05, 4.69) is 44.2 Å². The smallest absolute Gasteiger partial charge is 0.194 e. The maximum atomic E-state index is 13.3. The summed E-state index contributed by atoms with van der Waals surface area (Å²) in [6.07, 6.45) is 0. The highest BCUT2D eigenvalue weighted by atomic mass is 16.5. The Hall–Kier alpha value is -3.91. The Labute approximate surface area is 181 Å². The summed E-state index contributed by atoms with van der Waals surface area (Å²) >= 11 is 0. The number of carbonyl (C=O) groups excluding carboxylic acids is 1. The van der Waals surface area contributed by atoms with Gasteiger partial charge in [-0.15, -0.1) is 0 Å². The Morgan fingerprint density at radius 1 is 0.516 bits per heavy atom. The first-order chi connectivity index (χ1) is 15.1. The minimum Gasteiger partial charge on any atom is -0.456 e. The van der Waals surface area contributed by atoms with Crippen molar-refractivity contribution in [1.29, 1.82) is 0 Å². The molecule has 1 aliphatic heterocycles. The van der Waals surface area contributed by atoms with Crippen LogP contribution in [-0.4, -0.2) is 5.78 Å². The van der Waals surface area contributed by atoms with Crippen molar-refractivity contribution >= 4 is 16.9 Å². The van der Waals surface area contributed by atoms with Crippen molar-refractivity contribution in [3.05, 3.63) is 129 Å². The summed E-state index contributed by atoms with van der Waals surface area (Å²) in [5.41, 5.74) is 10.1. The maximum absolute atomic E-state index is 13.3. The van der Waals surface area contributed by atoms with Crippen molar-refractivity contribution in [2.75, 3.05) is 0 Å². The van der Waals surface area contributed by atoms with Crippen LogP contribution < -0.4 is 4.74 Å². The number of hydrogen-bond donors (Lipinski definition) is 0. The van der Waals surface area contributed by atoms with E-state index in [1.165, 1.54) is 5.56 Å².